The van der Waals surface area contributed by atoms with E-state index in [1.807, 2.05) is 0 Å². The van der Waals surface area contributed by atoms with Crippen molar-refractivity contribution in [3.8, 4) is 5.75 Å². The quantitative estimate of drug-likeness (QED) is 0.743. The molecule has 1 amide bonds. The molecular formula is C12H17NO3. The second-order valence-electron chi connectivity index (χ2n) is 3.57. The molecular weight excluding hydrogens is 206 g/mol. The van der Waals surface area contributed by atoms with Gasteiger partial charge in [0.15, 0.2) is 0 Å². The predicted molar refractivity (Wildman–Crippen MR) is 61.7 cm³/mol. The van der Waals surface area contributed by atoms with Crippen LogP contribution in [0.25, 0.3) is 0 Å². The smallest absolute Gasteiger partial charge is 0.255 e. The fourth-order valence-corrected chi connectivity index (χ4v) is 1.36. The molecule has 0 saturated heterocycles. The third kappa shape index (κ3) is 3.24. The zero-order chi connectivity index (χ0) is 12.0. The van der Waals surface area contributed by atoms with Gasteiger partial charge < -0.3 is 15.2 Å². The molecule has 0 atom stereocenters. The van der Waals surface area contributed by atoms with Crippen LogP contribution in [0.1, 0.15) is 22.3 Å². The maximum Gasteiger partial charge on any atom is 0.255 e. The number of phenolic OH excluding ortho intramolecular Hbond substituents is 1. The van der Waals surface area contributed by atoms with Crippen LogP contribution in [-0.4, -0.2) is 31.3 Å². The largest absolute Gasteiger partial charge is 0.507 e. The molecule has 0 unspecified atom stereocenters. The van der Waals surface area contributed by atoms with Gasteiger partial charge in [0, 0.05) is 20.3 Å². The molecule has 88 valence electrons. The van der Waals surface area contributed by atoms with Gasteiger partial charge in [-0.25, -0.2) is 0 Å². The molecule has 4 nitrogen and oxygen atoms in total. The first-order valence-electron chi connectivity index (χ1n) is 5.22. The van der Waals surface area contributed by atoms with E-state index >= 15 is 0 Å². The molecule has 0 heterocycles. The molecule has 1 aromatic rings. The average Bonchev–Trinajstić information content (AvgIpc) is 2.28. The molecule has 0 aliphatic carbocycles. The fourth-order valence-electron chi connectivity index (χ4n) is 1.36. The van der Waals surface area contributed by atoms with Crippen molar-refractivity contribution in [3.63, 3.8) is 0 Å². The lowest BCUT2D eigenvalue weighted by atomic mass is 10.1. The lowest BCUT2D eigenvalue weighted by Crippen LogP contribution is -2.25. The highest BCUT2D eigenvalue weighted by Crippen LogP contribution is 2.20. The van der Waals surface area contributed by atoms with Gasteiger partial charge in [0.25, 0.3) is 5.91 Å². The van der Waals surface area contributed by atoms with Gasteiger partial charge in [0.05, 0.1) is 5.56 Å². The summed E-state index contributed by atoms with van der Waals surface area (Å²) in [5.41, 5.74) is 1.02. The zero-order valence-corrected chi connectivity index (χ0v) is 9.62. The number of amides is 1. The molecule has 0 spiro atoms. The Labute approximate surface area is 95.2 Å². The highest BCUT2D eigenvalue weighted by atomic mass is 16.5. The number of nitrogens with one attached hydrogen (secondary N) is 1. The average molecular weight is 223 g/mol. The molecule has 0 fully saturated rings. The predicted octanol–water partition coefficient (Wildman–Crippen LogP) is 1.47. The summed E-state index contributed by atoms with van der Waals surface area (Å²) in [6.45, 7) is 2.91. The van der Waals surface area contributed by atoms with Gasteiger partial charge >= 0.3 is 0 Å². The van der Waals surface area contributed by atoms with E-state index in [0.717, 1.165) is 6.42 Å². The molecule has 0 radical (unpaired) electrons. The molecule has 0 bridgehead atoms. The van der Waals surface area contributed by atoms with E-state index in [2.05, 4.69) is 5.32 Å². The summed E-state index contributed by atoms with van der Waals surface area (Å²) in [4.78, 5) is 11.7. The fraction of sp³-hybridized carbons (Fsp3) is 0.417. The van der Waals surface area contributed by atoms with Crippen LogP contribution in [0.15, 0.2) is 18.2 Å². The first-order valence-corrected chi connectivity index (χ1v) is 5.22. The van der Waals surface area contributed by atoms with Gasteiger partial charge in [-0.15, -0.1) is 0 Å². The minimum Gasteiger partial charge on any atom is -0.507 e. The number of phenols is 1. The molecule has 1 rings (SSSR count). The van der Waals surface area contributed by atoms with E-state index in [4.69, 9.17) is 4.74 Å². The summed E-state index contributed by atoms with van der Waals surface area (Å²) in [5, 5.41) is 12.4. The molecule has 0 aromatic heterocycles. The minimum absolute atomic E-state index is 0.0479. The number of ether oxygens (including phenoxy) is 1. The molecule has 0 aliphatic rings. The van der Waals surface area contributed by atoms with Gasteiger partial charge in [-0.05, 0) is 25.0 Å². The summed E-state index contributed by atoms with van der Waals surface area (Å²) >= 11 is 0. The standard InChI is InChI=1S/C12H17NO3/c1-9-5-3-6-10(11(9)14)12(15)13-7-4-8-16-2/h3,5-6,14H,4,7-8H2,1-2H3,(H,13,15). The SMILES string of the molecule is COCCCNC(=O)c1cccc(C)c1O. The van der Waals surface area contributed by atoms with Crippen molar-refractivity contribution in [1.29, 1.82) is 0 Å². The minimum atomic E-state index is -0.252. The van der Waals surface area contributed by atoms with Crippen molar-refractivity contribution in [2.75, 3.05) is 20.3 Å². The van der Waals surface area contributed by atoms with Gasteiger partial charge in [-0.3, -0.25) is 4.79 Å². The molecule has 0 aliphatic heterocycles. The topological polar surface area (TPSA) is 58.6 Å². The number of aromatic hydroxyl groups is 1. The number of carbonyl (C=O) groups excluding carboxylic acids is 1. The van der Waals surface area contributed by atoms with Crippen LogP contribution in [-0.2, 0) is 4.74 Å². The van der Waals surface area contributed by atoms with Gasteiger partial charge in [0.2, 0.25) is 0 Å². The maximum absolute atomic E-state index is 11.7. The van der Waals surface area contributed by atoms with Crippen molar-refractivity contribution < 1.29 is 14.6 Å². The Morgan fingerprint density at radius 2 is 2.25 bits per heavy atom. The van der Waals surface area contributed by atoms with E-state index < -0.39 is 0 Å². The first-order chi connectivity index (χ1) is 7.66. The van der Waals surface area contributed by atoms with Crippen molar-refractivity contribution in [2.45, 2.75) is 13.3 Å². The summed E-state index contributed by atoms with van der Waals surface area (Å²) < 4.78 is 4.87. The Hall–Kier alpha value is -1.55. The van der Waals surface area contributed by atoms with Crippen molar-refractivity contribution in [1.82, 2.24) is 5.32 Å². The van der Waals surface area contributed by atoms with Gasteiger partial charge in [-0.2, -0.15) is 0 Å². The van der Waals surface area contributed by atoms with Crippen molar-refractivity contribution in [2.24, 2.45) is 0 Å². The second-order valence-corrected chi connectivity index (χ2v) is 3.57. The molecule has 0 saturated carbocycles. The zero-order valence-electron chi connectivity index (χ0n) is 9.62. The van der Waals surface area contributed by atoms with E-state index in [-0.39, 0.29) is 11.7 Å². The monoisotopic (exact) mass is 223 g/mol. The lowest BCUT2D eigenvalue weighted by Gasteiger charge is -2.07. The highest BCUT2D eigenvalue weighted by molar-refractivity contribution is 5.97. The summed E-state index contributed by atoms with van der Waals surface area (Å²) in [6, 6.07) is 5.12. The Kier molecular flexibility index (Phi) is 4.79. The van der Waals surface area contributed by atoms with E-state index in [9.17, 15) is 9.90 Å². The normalized spacial score (nSPS) is 10.1. The van der Waals surface area contributed by atoms with Crippen LogP contribution in [0.3, 0.4) is 0 Å². The second kappa shape index (κ2) is 6.12. The number of aryl methyl sites for hydroxylation is 1. The van der Waals surface area contributed by atoms with E-state index in [1.54, 1.807) is 32.2 Å². The van der Waals surface area contributed by atoms with Crippen LogP contribution in [0.2, 0.25) is 0 Å². The first kappa shape index (κ1) is 12.5. The van der Waals surface area contributed by atoms with Crippen molar-refractivity contribution in [3.05, 3.63) is 29.3 Å². The van der Waals surface area contributed by atoms with Gasteiger partial charge in [-0.1, -0.05) is 12.1 Å². The number of para-hydroxylation sites is 1. The molecule has 1 aromatic carbocycles. The Bertz CT molecular complexity index is 363. The van der Waals surface area contributed by atoms with Crippen LogP contribution in [0.5, 0.6) is 5.75 Å². The van der Waals surface area contributed by atoms with Crippen LogP contribution < -0.4 is 5.32 Å². The summed E-state index contributed by atoms with van der Waals surface area (Å²) in [6.07, 6.45) is 0.759. The number of hydrogen-bond acceptors (Lipinski definition) is 3. The van der Waals surface area contributed by atoms with Crippen molar-refractivity contribution >= 4 is 5.91 Å². The van der Waals surface area contributed by atoms with Crippen LogP contribution in [0.4, 0.5) is 0 Å². The number of benzene rings is 1. The van der Waals surface area contributed by atoms with Crippen LogP contribution >= 0.6 is 0 Å². The van der Waals surface area contributed by atoms with E-state index in [1.165, 1.54) is 0 Å². The summed E-state index contributed by atoms with van der Waals surface area (Å²) in [7, 11) is 1.62. The molecule has 4 heteroatoms. The third-order valence-corrected chi connectivity index (χ3v) is 2.29. The Morgan fingerprint density at radius 1 is 1.50 bits per heavy atom. The number of methoxy groups -OCH3 is 1. The number of hydrogen-bond donors (Lipinski definition) is 2. The Morgan fingerprint density at radius 3 is 2.94 bits per heavy atom. The summed E-state index contributed by atoms with van der Waals surface area (Å²) in [5.74, 6) is -0.205. The van der Waals surface area contributed by atoms with Crippen LogP contribution in [0, 0.1) is 6.92 Å². The lowest BCUT2D eigenvalue weighted by molar-refractivity contribution is 0.0946. The molecule has 2 N–H and O–H groups in total. The highest BCUT2D eigenvalue weighted by Gasteiger charge is 2.11. The van der Waals surface area contributed by atoms with Gasteiger partial charge in [0.1, 0.15) is 5.75 Å². The molecule has 16 heavy (non-hydrogen) atoms. The third-order valence-electron chi connectivity index (χ3n) is 2.29. The number of rotatable bonds is 5. The van der Waals surface area contributed by atoms with E-state index in [0.29, 0.717) is 24.3 Å². The maximum atomic E-state index is 11.7. The number of carbonyl (C=O) groups is 1. The Balaban J connectivity index is 2.56.